The van der Waals surface area contributed by atoms with E-state index >= 15 is 0 Å². The van der Waals surface area contributed by atoms with E-state index in [1.165, 1.54) is 0 Å². The second-order valence-electron chi connectivity index (χ2n) is 5.07. The van der Waals surface area contributed by atoms with Gasteiger partial charge in [0.05, 0.1) is 18.8 Å². The molecule has 1 unspecified atom stereocenters. The third kappa shape index (κ3) is 3.82. The molecule has 0 aliphatic carbocycles. The van der Waals surface area contributed by atoms with Gasteiger partial charge in [0.15, 0.2) is 0 Å². The van der Waals surface area contributed by atoms with Crippen LogP contribution in [0.5, 0.6) is 0 Å². The lowest BCUT2D eigenvalue weighted by Gasteiger charge is -2.09. The van der Waals surface area contributed by atoms with Crippen LogP contribution in [0.1, 0.15) is 43.8 Å². The van der Waals surface area contributed by atoms with E-state index in [1.807, 2.05) is 18.5 Å². The SMILES string of the molecule is Cc1nn(CCOCC(C)C)c(C)c1C(C)N. The molecule has 1 aromatic rings. The molecule has 1 rings (SSSR count). The average Bonchev–Trinajstić information content (AvgIpc) is 2.48. The van der Waals surface area contributed by atoms with Crippen molar-refractivity contribution in [2.24, 2.45) is 11.7 Å². The maximum Gasteiger partial charge on any atom is 0.0662 e. The molecule has 17 heavy (non-hydrogen) atoms. The van der Waals surface area contributed by atoms with Crippen LogP contribution in [0, 0.1) is 19.8 Å². The summed E-state index contributed by atoms with van der Waals surface area (Å²) in [6.45, 7) is 12.7. The first kappa shape index (κ1) is 14.2. The number of hydrogen-bond acceptors (Lipinski definition) is 3. The number of ether oxygens (including phenoxy) is 1. The third-order valence-electron chi connectivity index (χ3n) is 2.79. The largest absolute Gasteiger partial charge is 0.379 e. The quantitative estimate of drug-likeness (QED) is 0.774. The molecule has 2 N–H and O–H groups in total. The first-order valence-corrected chi connectivity index (χ1v) is 6.30. The van der Waals surface area contributed by atoms with Crippen molar-refractivity contribution in [3.05, 3.63) is 17.0 Å². The minimum atomic E-state index is 0.0420. The van der Waals surface area contributed by atoms with E-state index < -0.39 is 0 Å². The lowest BCUT2D eigenvalue weighted by atomic mass is 10.1. The van der Waals surface area contributed by atoms with Gasteiger partial charge in [-0.05, 0) is 26.7 Å². The molecule has 0 aliphatic rings. The Morgan fingerprint density at radius 2 is 1.94 bits per heavy atom. The van der Waals surface area contributed by atoms with E-state index in [4.69, 9.17) is 10.5 Å². The van der Waals surface area contributed by atoms with Crippen molar-refractivity contribution in [1.82, 2.24) is 9.78 Å². The number of nitrogens with two attached hydrogens (primary N) is 1. The first-order valence-electron chi connectivity index (χ1n) is 6.30. The van der Waals surface area contributed by atoms with Crippen LogP contribution < -0.4 is 5.73 Å². The Labute approximate surface area is 104 Å². The van der Waals surface area contributed by atoms with Crippen LogP contribution in [-0.2, 0) is 11.3 Å². The molecule has 0 saturated heterocycles. The summed E-state index contributed by atoms with van der Waals surface area (Å²) in [6.07, 6.45) is 0. The highest BCUT2D eigenvalue weighted by atomic mass is 16.5. The Hall–Kier alpha value is -0.870. The minimum Gasteiger partial charge on any atom is -0.379 e. The fourth-order valence-corrected chi connectivity index (χ4v) is 2.06. The normalized spacial score (nSPS) is 13.4. The zero-order valence-corrected chi connectivity index (χ0v) is 11.7. The van der Waals surface area contributed by atoms with Crippen molar-refractivity contribution in [2.45, 2.75) is 47.2 Å². The van der Waals surface area contributed by atoms with Gasteiger partial charge in [0.25, 0.3) is 0 Å². The summed E-state index contributed by atoms with van der Waals surface area (Å²) < 4.78 is 7.57. The molecule has 1 heterocycles. The molecule has 4 nitrogen and oxygen atoms in total. The van der Waals surface area contributed by atoms with Crippen molar-refractivity contribution < 1.29 is 4.74 Å². The molecule has 1 atom stereocenters. The van der Waals surface area contributed by atoms with Crippen molar-refractivity contribution in [2.75, 3.05) is 13.2 Å². The van der Waals surface area contributed by atoms with E-state index in [0.29, 0.717) is 12.5 Å². The number of nitrogens with zero attached hydrogens (tertiary/aromatic N) is 2. The van der Waals surface area contributed by atoms with Gasteiger partial charge < -0.3 is 10.5 Å². The van der Waals surface area contributed by atoms with Crippen LogP contribution in [0.25, 0.3) is 0 Å². The predicted molar refractivity (Wildman–Crippen MR) is 70.0 cm³/mol. The number of rotatable bonds is 6. The topological polar surface area (TPSA) is 53.1 Å². The molecule has 0 saturated carbocycles. The zero-order valence-electron chi connectivity index (χ0n) is 11.7. The molecule has 0 fully saturated rings. The molecule has 4 heteroatoms. The molecule has 0 aliphatic heterocycles. The summed E-state index contributed by atoms with van der Waals surface area (Å²) in [4.78, 5) is 0. The van der Waals surface area contributed by atoms with Crippen LogP contribution >= 0.6 is 0 Å². The summed E-state index contributed by atoms with van der Waals surface area (Å²) >= 11 is 0. The van der Waals surface area contributed by atoms with Crippen molar-refractivity contribution in [3.63, 3.8) is 0 Å². The Kier molecular flexibility index (Phi) is 5.15. The summed E-state index contributed by atoms with van der Waals surface area (Å²) in [6, 6.07) is 0.0420. The molecule has 0 spiro atoms. The van der Waals surface area contributed by atoms with Crippen LogP contribution in [0.2, 0.25) is 0 Å². The van der Waals surface area contributed by atoms with Crippen LogP contribution in [0.4, 0.5) is 0 Å². The van der Waals surface area contributed by atoms with E-state index in [-0.39, 0.29) is 6.04 Å². The summed E-state index contributed by atoms with van der Waals surface area (Å²) in [5.74, 6) is 0.579. The molecule has 0 radical (unpaired) electrons. The predicted octanol–water partition coefficient (Wildman–Crippen LogP) is 2.19. The van der Waals surface area contributed by atoms with E-state index in [0.717, 1.165) is 30.1 Å². The van der Waals surface area contributed by atoms with Crippen LogP contribution in [-0.4, -0.2) is 23.0 Å². The van der Waals surface area contributed by atoms with Gasteiger partial charge in [0.1, 0.15) is 0 Å². The highest BCUT2D eigenvalue weighted by molar-refractivity contribution is 5.27. The van der Waals surface area contributed by atoms with Crippen LogP contribution in [0.3, 0.4) is 0 Å². The standard InChI is InChI=1S/C13H25N3O/c1-9(2)8-17-7-6-16-12(5)13(10(3)14)11(4)15-16/h9-10H,6-8,14H2,1-5H3. The molecular formula is C13H25N3O. The van der Waals surface area contributed by atoms with E-state index in [9.17, 15) is 0 Å². The molecule has 1 aromatic heterocycles. The maximum atomic E-state index is 5.94. The highest BCUT2D eigenvalue weighted by Crippen LogP contribution is 2.19. The lowest BCUT2D eigenvalue weighted by molar-refractivity contribution is 0.100. The van der Waals surface area contributed by atoms with Gasteiger partial charge in [-0.15, -0.1) is 0 Å². The number of hydrogen-bond donors (Lipinski definition) is 1. The van der Waals surface area contributed by atoms with Gasteiger partial charge >= 0.3 is 0 Å². The Morgan fingerprint density at radius 3 is 2.41 bits per heavy atom. The average molecular weight is 239 g/mol. The summed E-state index contributed by atoms with van der Waals surface area (Å²) in [5.41, 5.74) is 9.29. The molecule has 0 bridgehead atoms. The lowest BCUT2D eigenvalue weighted by Crippen LogP contribution is -2.12. The van der Waals surface area contributed by atoms with E-state index in [1.54, 1.807) is 0 Å². The fraction of sp³-hybridized carbons (Fsp3) is 0.769. The number of aryl methyl sites for hydroxylation is 1. The molecular weight excluding hydrogens is 214 g/mol. The second-order valence-corrected chi connectivity index (χ2v) is 5.07. The Bertz CT molecular complexity index is 356. The number of aromatic nitrogens is 2. The Balaban J connectivity index is 2.57. The van der Waals surface area contributed by atoms with Gasteiger partial charge in [-0.25, -0.2) is 0 Å². The smallest absolute Gasteiger partial charge is 0.0662 e. The van der Waals surface area contributed by atoms with Crippen LogP contribution in [0.15, 0.2) is 0 Å². The molecule has 0 amide bonds. The summed E-state index contributed by atoms with van der Waals surface area (Å²) in [5, 5.41) is 4.50. The van der Waals surface area contributed by atoms with E-state index in [2.05, 4.69) is 25.9 Å². The molecule has 98 valence electrons. The second kappa shape index (κ2) is 6.17. The van der Waals surface area contributed by atoms with Gasteiger partial charge in [-0.3, -0.25) is 4.68 Å². The minimum absolute atomic E-state index is 0.0420. The first-order chi connectivity index (χ1) is 7.93. The van der Waals surface area contributed by atoms with Gasteiger partial charge in [0.2, 0.25) is 0 Å². The van der Waals surface area contributed by atoms with Gasteiger partial charge in [-0.1, -0.05) is 13.8 Å². The zero-order chi connectivity index (χ0) is 13.0. The van der Waals surface area contributed by atoms with Crippen molar-refractivity contribution in [1.29, 1.82) is 0 Å². The fourth-order valence-electron chi connectivity index (χ4n) is 2.06. The third-order valence-corrected chi connectivity index (χ3v) is 2.79. The monoisotopic (exact) mass is 239 g/mol. The van der Waals surface area contributed by atoms with Crippen molar-refractivity contribution in [3.8, 4) is 0 Å². The summed E-state index contributed by atoms with van der Waals surface area (Å²) in [7, 11) is 0. The van der Waals surface area contributed by atoms with Gasteiger partial charge in [0, 0.05) is 23.9 Å². The highest BCUT2D eigenvalue weighted by Gasteiger charge is 2.14. The Morgan fingerprint density at radius 1 is 1.29 bits per heavy atom. The maximum absolute atomic E-state index is 5.94. The molecule has 0 aromatic carbocycles. The van der Waals surface area contributed by atoms with Gasteiger partial charge in [-0.2, -0.15) is 5.10 Å². The van der Waals surface area contributed by atoms with Crippen molar-refractivity contribution >= 4 is 0 Å².